The topological polar surface area (TPSA) is 102 Å². The highest BCUT2D eigenvalue weighted by atomic mass is 32.2. The third-order valence-electron chi connectivity index (χ3n) is 3.43. The van der Waals surface area contributed by atoms with Crippen LogP contribution in [0, 0.1) is 0 Å². The molecule has 0 saturated carbocycles. The van der Waals surface area contributed by atoms with E-state index in [0.29, 0.717) is 12.4 Å². The predicted molar refractivity (Wildman–Crippen MR) is 106 cm³/mol. The van der Waals surface area contributed by atoms with Gasteiger partial charge in [0.1, 0.15) is 12.4 Å². The lowest BCUT2D eigenvalue weighted by Crippen LogP contribution is -2.19. The van der Waals surface area contributed by atoms with Gasteiger partial charge in [0.15, 0.2) is 5.17 Å². The summed E-state index contributed by atoms with van der Waals surface area (Å²) in [6.45, 7) is 0.363. The van der Waals surface area contributed by atoms with Gasteiger partial charge in [-0.05, 0) is 41.6 Å². The van der Waals surface area contributed by atoms with E-state index in [1.54, 1.807) is 6.20 Å². The van der Waals surface area contributed by atoms with Gasteiger partial charge in [0.05, 0.1) is 23.9 Å². The van der Waals surface area contributed by atoms with Gasteiger partial charge >= 0.3 is 5.97 Å². The molecule has 0 aliphatic carbocycles. The lowest BCUT2D eigenvalue weighted by atomic mass is 10.2. The van der Waals surface area contributed by atoms with Gasteiger partial charge in [0.25, 0.3) is 5.91 Å². The summed E-state index contributed by atoms with van der Waals surface area (Å²) in [7, 11) is 1.24. The Hall–Kier alpha value is -3.46. The number of aromatic nitrogens is 1. The Morgan fingerprint density at radius 3 is 2.96 bits per heavy atom. The number of nitrogens with zero attached hydrogens (tertiary/aromatic N) is 3. The minimum atomic E-state index is -0.607. The molecule has 0 radical (unpaired) electrons. The third kappa shape index (κ3) is 5.52. The van der Waals surface area contributed by atoms with Crippen LogP contribution in [0.1, 0.15) is 11.3 Å². The molecule has 2 heterocycles. The molecule has 1 amide bonds. The van der Waals surface area contributed by atoms with E-state index >= 15 is 0 Å². The maximum absolute atomic E-state index is 11.7. The number of carbonyl (C=O) groups is 2. The molecule has 1 aliphatic rings. The highest BCUT2D eigenvalue weighted by Crippen LogP contribution is 2.23. The van der Waals surface area contributed by atoms with Crippen LogP contribution in [0.2, 0.25) is 0 Å². The fraction of sp³-hybridized carbons (Fsp3) is 0.105. The first-order valence-electron chi connectivity index (χ1n) is 8.16. The van der Waals surface area contributed by atoms with E-state index in [1.807, 2.05) is 42.5 Å². The second kappa shape index (κ2) is 9.47. The van der Waals surface area contributed by atoms with Gasteiger partial charge in [0.2, 0.25) is 0 Å². The van der Waals surface area contributed by atoms with Crippen molar-refractivity contribution in [2.45, 2.75) is 6.61 Å². The van der Waals surface area contributed by atoms with Gasteiger partial charge in [-0.2, -0.15) is 5.10 Å². The fourth-order valence-corrected chi connectivity index (χ4v) is 2.85. The number of amidine groups is 1. The normalized spacial score (nSPS) is 16.5. The average Bonchev–Trinajstić information content (AvgIpc) is 3.06. The van der Waals surface area contributed by atoms with Crippen molar-refractivity contribution >= 4 is 35.0 Å². The summed E-state index contributed by atoms with van der Waals surface area (Å²) >= 11 is 1.01. The number of esters is 1. The SMILES string of the molecule is COC(=O)/C=C1/S/C(=N\N=Cc2cccc(OCc3ccccn3)c2)NC1=O. The van der Waals surface area contributed by atoms with E-state index in [2.05, 4.69) is 25.2 Å². The summed E-state index contributed by atoms with van der Waals surface area (Å²) in [5.74, 6) is -0.353. The fourth-order valence-electron chi connectivity index (χ4n) is 2.11. The molecule has 1 aromatic carbocycles. The van der Waals surface area contributed by atoms with Gasteiger partial charge in [-0.3, -0.25) is 15.1 Å². The number of rotatable bonds is 6. The van der Waals surface area contributed by atoms with E-state index in [9.17, 15) is 9.59 Å². The van der Waals surface area contributed by atoms with Gasteiger partial charge in [-0.1, -0.05) is 18.2 Å². The molecule has 1 N–H and O–H groups in total. The van der Waals surface area contributed by atoms with Gasteiger partial charge < -0.3 is 9.47 Å². The number of carbonyl (C=O) groups excluding carboxylic acids is 2. The van der Waals surface area contributed by atoms with Crippen LogP contribution < -0.4 is 10.1 Å². The van der Waals surface area contributed by atoms with E-state index in [1.165, 1.54) is 13.3 Å². The van der Waals surface area contributed by atoms with E-state index < -0.39 is 11.9 Å². The van der Waals surface area contributed by atoms with Gasteiger partial charge in [-0.25, -0.2) is 4.79 Å². The van der Waals surface area contributed by atoms with Crippen LogP contribution in [0.5, 0.6) is 5.75 Å². The lowest BCUT2D eigenvalue weighted by Gasteiger charge is -2.05. The Kier molecular flexibility index (Phi) is 6.53. The highest BCUT2D eigenvalue weighted by molar-refractivity contribution is 8.18. The summed E-state index contributed by atoms with van der Waals surface area (Å²) < 4.78 is 10.2. The molecule has 2 aromatic rings. The first-order chi connectivity index (χ1) is 13.6. The number of methoxy groups -OCH3 is 1. The Labute approximate surface area is 165 Å². The second-order valence-electron chi connectivity index (χ2n) is 5.42. The summed E-state index contributed by atoms with van der Waals surface area (Å²) in [4.78, 5) is 27.4. The minimum Gasteiger partial charge on any atom is -0.487 e. The number of hydrogen-bond donors (Lipinski definition) is 1. The maximum Gasteiger partial charge on any atom is 0.331 e. The number of nitrogens with one attached hydrogen (secondary N) is 1. The van der Waals surface area contributed by atoms with E-state index in [-0.39, 0.29) is 10.1 Å². The van der Waals surface area contributed by atoms with E-state index in [0.717, 1.165) is 29.1 Å². The minimum absolute atomic E-state index is 0.200. The molecule has 0 spiro atoms. The molecule has 1 saturated heterocycles. The van der Waals surface area contributed by atoms with Crippen molar-refractivity contribution in [1.82, 2.24) is 10.3 Å². The average molecular weight is 396 g/mol. The standard InChI is InChI=1S/C19H16N4O4S/c1-26-17(24)10-16-18(25)22-19(28-16)23-21-11-13-5-4-7-15(9-13)27-12-14-6-2-3-8-20-14/h2-11H,12H2,1H3,(H,22,23,25)/b16-10+,21-11?. The summed E-state index contributed by atoms with van der Waals surface area (Å²) in [5, 5.41) is 10.7. The van der Waals surface area contributed by atoms with Crippen LogP contribution in [-0.2, 0) is 20.9 Å². The molecule has 0 bridgehead atoms. The number of thioether (sulfide) groups is 1. The molecule has 9 heteroatoms. The van der Waals surface area contributed by atoms with Crippen LogP contribution >= 0.6 is 11.8 Å². The monoisotopic (exact) mass is 396 g/mol. The van der Waals surface area contributed by atoms with Crippen molar-refractivity contribution in [3.63, 3.8) is 0 Å². The zero-order valence-electron chi connectivity index (χ0n) is 14.9. The van der Waals surface area contributed by atoms with Crippen molar-refractivity contribution < 1.29 is 19.1 Å². The van der Waals surface area contributed by atoms with Crippen molar-refractivity contribution in [2.24, 2.45) is 10.2 Å². The third-order valence-corrected chi connectivity index (χ3v) is 4.33. The molecule has 1 fully saturated rings. The Morgan fingerprint density at radius 2 is 2.18 bits per heavy atom. The first kappa shape index (κ1) is 19.3. The number of pyridine rings is 1. The molecule has 0 atom stereocenters. The first-order valence-corrected chi connectivity index (χ1v) is 8.98. The van der Waals surface area contributed by atoms with Crippen LogP contribution in [0.25, 0.3) is 0 Å². The molecule has 142 valence electrons. The highest BCUT2D eigenvalue weighted by Gasteiger charge is 2.24. The largest absolute Gasteiger partial charge is 0.487 e. The number of hydrogen-bond acceptors (Lipinski definition) is 8. The quantitative estimate of drug-likeness (QED) is 0.348. The molecular formula is C19H16N4O4S. The second-order valence-corrected chi connectivity index (χ2v) is 6.45. The van der Waals surface area contributed by atoms with Crippen LogP contribution in [0.15, 0.2) is 69.8 Å². The Morgan fingerprint density at radius 1 is 1.29 bits per heavy atom. The maximum atomic E-state index is 11.7. The molecule has 1 aliphatic heterocycles. The van der Waals surface area contributed by atoms with E-state index in [4.69, 9.17) is 4.74 Å². The van der Waals surface area contributed by atoms with Crippen molar-refractivity contribution in [1.29, 1.82) is 0 Å². The smallest absolute Gasteiger partial charge is 0.331 e. The summed E-state index contributed by atoms with van der Waals surface area (Å²) in [6, 6.07) is 13.0. The van der Waals surface area contributed by atoms with Gasteiger partial charge in [-0.15, -0.1) is 5.10 Å². The van der Waals surface area contributed by atoms with Crippen LogP contribution in [0.3, 0.4) is 0 Å². The lowest BCUT2D eigenvalue weighted by molar-refractivity contribution is -0.135. The Balaban J connectivity index is 1.60. The zero-order valence-corrected chi connectivity index (χ0v) is 15.7. The Bertz CT molecular complexity index is 957. The molecule has 0 unspecified atom stereocenters. The molecular weight excluding hydrogens is 380 g/mol. The van der Waals surface area contributed by atoms with Crippen molar-refractivity contribution in [3.05, 3.63) is 70.9 Å². The van der Waals surface area contributed by atoms with Crippen LogP contribution in [0.4, 0.5) is 0 Å². The molecule has 3 rings (SSSR count). The predicted octanol–water partition coefficient (Wildman–Crippen LogP) is 2.27. The molecule has 1 aromatic heterocycles. The van der Waals surface area contributed by atoms with Crippen molar-refractivity contribution in [3.8, 4) is 5.75 Å². The number of benzene rings is 1. The van der Waals surface area contributed by atoms with Crippen molar-refractivity contribution in [2.75, 3.05) is 7.11 Å². The van der Waals surface area contributed by atoms with Crippen LogP contribution in [-0.4, -0.2) is 35.4 Å². The summed E-state index contributed by atoms with van der Waals surface area (Å²) in [5.41, 5.74) is 1.61. The summed E-state index contributed by atoms with van der Waals surface area (Å²) in [6.07, 6.45) is 4.36. The molecule has 28 heavy (non-hydrogen) atoms. The van der Waals surface area contributed by atoms with Gasteiger partial charge in [0, 0.05) is 12.3 Å². The molecule has 8 nitrogen and oxygen atoms in total. The zero-order chi connectivity index (χ0) is 19.8. The number of amides is 1. The number of ether oxygens (including phenoxy) is 2.